The number of rotatable bonds is 3. The molecule has 0 N–H and O–H groups in total. The van der Waals surface area contributed by atoms with Gasteiger partial charge in [-0.1, -0.05) is 43.0 Å². The lowest BCUT2D eigenvalue weighted by molar-refractivity contribution is -0.170. The van der Waals surface area contributed by atoms with Crippen molar-refractivity contribution in [1.29, 1.82) is 0 Å². The van der Waals surface area contributed by atoms with Crippen molar-refractivity contribution in [2.45, 2.75) is 18.8 Å². The second-order valence-electron chi connectivity index (χ2n) is 5.81. The Bertz CT molecular complexity index is 743. The summed E-state index contributed by atoms with van der Waals surface area (Å²) in [5, 5.41) is 1.69. The Labute approximate surface area is 147 Å². The highest BCUT2D eigenvalue weighted by atomic mass is 32.1. The van der Waals surface area contributed by atoms with E-state index in [1.165, 1.54) is 11.3 Å². The molecule has 0 saturated carbocycles. The number of likely N-dealkylation sites (tertiary alicyclic amines) is 1. The number of nitrogens with zero attached hydrogens (tertiary/aromatic N) is 1. The highest BCUT2D eigenvalue weighted by Crippen LogP contribution is 2.49. The number of carbonyl (C=O) groups excluding carboxylic acids is 1. The van der Waals surface area contributed by atoms with E-state index >= 15 is 0 Å². The first-order valence-corrected chi connectivity index (χ1v) is 8.51. The number of amides is 1. The minimum atomic E-state index is -4.47. The van der Waals surface area contributed by atoms with Gasteiger partial charge >= 0.3 is 12.3 Å². The lowest BCUT2D eigenvalue weighted by atomic mass is 9.95. The van der Waals surface area contributed by atoms with Gasteiger partial charge in [-0.3, -0.25) is 4.90 Å². The standard InChI is InChI=1S/C18H16F3NO2S/c1-12-10-22(17(23)24-11-13-6-3-2-4-7-13)16(14-8-5-9-25-14)15(12)18(19,20)21/h2-9,15-16H,1,10-11H2/t15-,16-/m0/s1. The summed E-state index contributed by atoms with van der Waals surface area (Å²) in [5.41, 5.74) is 0.747. The third-order valence-corrected chi connectivity index (χ3v) is 5.03. The number of benzene rings is 1. The molecule has 1 saturated heterocycles. The molecule has 0 spiro atoms. The SMILES string of the molecule is C=C1CN(C(=O)OCc2ccccc2)[C@@H](c2cccs2)[C@H]1C(F)(F)F. The van der Waals surface area contributed by atoms with Gasteiger partial charge in [-0.25, -0.2) is 4.79 Å². The Morgan fingerprint density at radius 1 is 1.24 bits per heavy atom. The van der Waals surface area contributed by atoms with Crippen molar-refractivity contribution in [2.24, 2.45) is 5.92 Å². The zero-order valence-corrected chi connectivity index (χ0v) is 14.0. The number of ether oxygens (including phenoxy) is 1. The third-order valence-electron chi connectivity index (χ3n) is 4.09. The first-order chi connectivity index (χ1) is 11.9. The Hall–Kier alpha value is -2.28. The molecule has 2 aromatic rings. The van der Waals surface area contributed by atoms with Gasteiger partial charge in [0, 0.05) is 11.4 Å². The average Bonchev–Trinajstić information content (AvgIpc) is 3.20. The second kappa shape index (κ2) is 6.92. The molecule has 1 fully saturated rings. The van der Waals surface area contributed by atoms with Gasteiger partial charge in [0.15, 0.2) is 0 Å². The van der Waals surface area contributed by atoms with Crippen LogP contribution in [-0.2, 0) is 11.3 Å². The quantitative estimate of drug-likeness (QED) is 0.700. The van der Waals surface area contributed by atoms with E-state index < -0.39 is 24.2 Å². The lowest BCUT2D eigenvalue weighted by Crippen LogP contribution is -2.35. The van der Waals surface area contributed by atoms with Crippen LogP contribution in [0.4, 0.5) is 18.0 Å². The van der Waals surface area contributed by atoms with Crippen LogP contribution in [0.25, 0.3) is 0 Å². The van der Waals surface area contributed by atoms with Crippen LogP contribution in [0.5, 0.6) is 0 Å². The molecule has 132 valence electrons. The molecule has 0 unspecified atom stereocenters. The Morgan fingerprint density at radius 3 is 2.56 bits per heavy atom. The maximum absolute atomic E-state index is 13.5. The highest BCUT2D eigenvalue weighted by Gasteiger charge is 2.55. The van der Waals surface area contributed by atoms with Crippen molar-refractivity contribution in [3.8, 4) is 0 Å². The molecule has 7 heteroatoms. The van der Waals surface area contributed by atoms with Crippen molar-refractivity contribution in [2.75, 3.05) is 6.54 Å². The van der Waals surface area contributed by atoms with Crippen LogP contribution in [0.2, 0.25) is 0 Å². The van der Waals surface area contributed by atoms with Gasteiger partial charge in [0.25, 0.3) is 0 Å². The predicted molar refractivity (Wildman–Crippen MR) is 89.1 cm³/mol. The lowest BCUT2D eigenvalue weighted by Gasteiger charge is -2.27. The monoisotopic (exact) mass is 367 g/mol. The van der Waals surface area contributed by atoms with E-state index in [4.69, 9.17) is 4.74 Å². The summed E-state index contributed by atoms with van der Waals surface area (Å²) in [4.78, 5) is 14.0. The summed E-state index contributed by atoms with van der Waals surface area (Å²) >= 11 is 1.19. The molecule has 1 aliphatic heterocycles. The number of hydrogen-bond donors (Lipinski definition) is 0. The molecule has 0 radical (unpaired) electrons. The van der Waals surface area contributed by atoms with E-state index in [-0.39, 0.29) is 18.7 Å². The minimum Gasteiger partial charge on any atom is -0.445 e. The van der Waals surface area contributed by atoms with E-state index in [1.54, 1.807) is 41.8 Å². The zero-order valence-electron chi connectivity index (χ0n) is 13.2. The summed E-state index contributed by atoms with van der Waals surface area (Å²) in [6.45, 7) is 3.39. The Kier molecular flexibility index (Phi) is 4.85. The molecular formula is C18H16F3NO2S. The molecule has 3 rings (SSSR count). The van der Waals surface area contributed by atoms with Crippen LogP contribution >= 0.6 is 11.3 Å². The van der Waals surface area contributed by atoms with Gasteiger partial charge in [-0.15, -0.1) is 11.3 Å². The first-order valence-electron chi connectivity index (χ1n) is 7.63. The fourth-order valence-electron chi connectivity index (χ4n) is 2.99. The topological polar surface area (TPSA) is 29.5 Å². The van der Waals surface area contributed by atoms with Crippen molar-refractivity contribution < 1.29 is 22.7 Å². The third kappa shape index (κ3) is 3.71. The van der Waals surface area contributed by atoms with E-state index in [1.807, 2.05) is 6.07 Å². The van der Waals surface area contributed by atoms with Crippen molar-refractivity contribution >= 4 is 17.4 Å². The van der Waals surface area contributed by atoms with Crippen molar-refractivity contribution in [3.63, 3.8) is 0 Å². The molecule has 1 aromatic heterocycles. The molecule has 1 aliphatic rings. The zero-order chi connectivity index (χ0) is 18.0. The largest absolute Gasteiger partial charge is 0.445 e. The molecule has 2 heterocycles. The van der Waals surface area contributed by atoms with Gasteiger partial charge in [0.05, 0.1) is 6.04 Å². The maximum atomic E-state index is 13.5. The molecule has 1 aromatic carbocycles. The molecule has 0 aliphatic carbocycles. The molecule has 0 bridgehead atoms. The van der Waals surface area contributed by atoms with Gasteiger partial charge in [0.1, 0.15) is 12.5 Å². The van der Waals surface area contributed by atoms with Gasteiger partial charge < -0.3 is 4.74 Å². The van der Waals surface area contributed by atoms with E-state index in [0.717, 1.165) is 10.5 Å². The van der Waals surface area contributed by atoms with E-state index in [9.17, 15) is 18.0 Å². The summed E-state index contributed by atoms with van der Waals surface area (Å²) in [6, 6.07) is 11.1. The smallest absolute Gasteiger partial charge is 0.410 e. The number of halogens is 3. The average molecular weight is 367 g/mol. The van der Waals surface area contributed by atoms with E-state index in [0.29, 0.717) is 4.88 Å². The van der Waals surface area contributed by atoms with Gasteiger partial charge in [0.2, 0.25) is 0 Å². The summed E-state index contributed by atoms with van der Waals surface area (Å²) in [6.07, 6.45) is -5.24. The van der Waals surface area contributed by atoms with E-state index in [2.05, 4.69) is 6.58 Å². The summed E-state index contributed by atoms with van der Waals surface area (Å²) in [7, 11) is 0. The van der Waals surface area contributed by atoms with Crippen LogP contribution in [-0.4, -0.2) is 23.7 Å². The Morgan fingerprint density at radius 2 is 1.96 bits per heavy atom. The molecule has 1 amide bonds. The second-order valence-corrected chi connectivity index (χ2v) is 6.79. The van der Waals surface area contributed by atoms with Crippen molar-refractivity contribution in [1.82, 2.24) is 4.90 Å². The molecular weight excluding hydrogens is 351 g/mol. The van der Waals surface area contributed by atoms with Crippen molar-refractivity contribution in [3.05, 3.63) is 70.4 Å². The summed E-state index contributed by atoms with van der Waals surface area (Å²) in [5.74, 6) is -1.78. The van der Waals surface area contributed by atoms with Crippen LogP contribution in [0.1, 0.15) is 16.5 Å². The van der Waals surface area contributed by atoms with Gasteiger partial charge in [-0.05, 0) is 22.6 Å². The number of hydrogen-bond acceptors (Lipinski definition) is 3. The Balaban J connectivity index is 1.81. The molecule has 25 heavy (non-hydrogen) atoms. The molecule has 2 atom stereocenters. The predicted octanol–water partition coefficient (Wildman–Crippen LogP) is 5.18. The fourth-order valence-corrected chi connectivity index (χ4v) is 3.86. The first kappa shape index (κ1) is 17.5. The fraction of sp³-hybridized carbons (Fsp3) is 0.278. The number of thiophene rings is 1. The van der Waals surface area contributed by atoms with Crippen LogP contribution in [0.15, 0.2) is 60.0 Å². The van der Waals surface area contributed by atoms with Crippen LogP contribution in [0.3, 0.4) is 0 Å². The summed E-state index contributed by atoms with van der Waals surface area (Å²) < 4.78 is 45.7. The number of carbonyl (C=O) groups is 1. The highest BCUT2D eigenvalue weighted by molar-refractivity contribution is 7.10. The number of alkyl halides is 3. The van der Waals surface area contributed by atoms with Gasteiger partial charge in [-0.2, -0.15) is 13.2 Å². The minimum absolute atomic E-state index is 0.0104. The van der Waals surface area contributed by atoms with Crippen LogP contribution < -0.4 is 0 Å². The molecule has 3 nitrogen and oxygen atoms in total. The normalized spacial score (nSPS) is 20.8. The van der Waals surface area contributed by atoms with Crippen LogP contribution in [0, 0.1) is 5.92 Å². The maximum Gasteiger partial charge on any atom is 0.410 e.